The lowest BCUT2D eigenvalue weighted by Gasteiger charge is -2.38. The molecule has 1 atom stereocenters. The van der Waals surface area contributed by atoms with Crippen molar-refractivity contribution in [2.45, 2.75) is 31.3 Å². The fraction of sp³-hybridized carbons (Fsp3) is 0.481. The van der Waals surface area contributed by atoms with Gasteiger partial charge in [0, 0.05) is 45.0 Å². The van der Waals surface area contributed by atoms with Gasteiger partial charge in [-0.3, -0.25) is 14.6 Å². The number of methoxy groups -OCH3 is 1. The van der Waals surface area contributed by atoms with Crippen molar-refractivity contribution < 1.29 is 14.3 Å². The first-order valence-electron chi connectivity index (χ1n) is 12.6. The summed E-state index contributed by atoms with van der Waals surface area (Å²) < 4.78 is 5.27. The van der Waals surface area contributed by atoms with Crippen LogP contribution in [-0.2, 0) is 11.3 Å². The van der Waals surface area contributed by atoms with Gasteiger partial charge in [0.1, 0.15) is 11.3 Å². The topological polar surface area (TPSA) is 68.4 Å². The Labute approximate surface area is 207 Å². The van der Waals surface area contributed by atoms with Gasteiger partial charge in [-0.1, -0.05) is 30.3 Å². The van der Waals surface area contributed by atoms with Gasteiger partial charge in [-0.25, -0.2) is 9.69 Å². The number of ether oxygens (including phenoxy) is 1. The summed E-state index contributed by atoms with van der Waals surface area (Å²) >= 11 is 0. The van der Waals surface area contributed by atoms with Crippen LogP contribution in [0.5, 0.6) is 5.75 Å². The third-order valence-corrected chi connectivity index (χ3v) is 7.43. The van der Waals surface area contributed by atoms with Crippen LogP contribution in [0.2, 0.25) is 0 Å². The number of hydrogen-bond donors (Lipinski definition) is 1. The van der Waals surface area contributed by atoms with Gasteiger partial charge in [0.25, 0.3) is 5.91 Å². The molecular formula is C27H35N5O3. The number of rotatable bonds is 6. The van der Waals surface area contributed by atoms with Gasteiger partial charge >= 0.3 is 6.03 Å². The lowest BCUT2D eigenvalue weighted by molar-refractivity contribution is -0.134. The molecule has 8 heteroatoms. The third kappa shape index (κ3) is 5.13. The predicted octanol–water partition coefficient (Wildman–Crippen LogP) is 2.75. The molecule has 3 heterocycles. The highest BCUT2D eigenvalue weighted by Gasteiger charge is 2.53. The fourth-order valence-electron chi connectivity index (χ4n) is 5.57. The van der Waals surface area contributed by atoms with E-state index in [1.165, 1.54) is 16.2 Å². The Balaban J connectivity index is 1.20. The van der Waals surface area contributed by atoms with Crippen molar-refractivity contribution in [3.8, 4) is 5.75 Å². The molecule has 2 aromatic rings. The normalized spacial score (nSPS) is 24.0. The molecule has 0 aliphatic carbocycles. The Hall–Kier alpha value is -3.10. The fourth-order valence-corrected chi connectivity index (χ4v) is 5.57. The predicted molar refractivity (Wildman–Crippen MR) is 135 cm³/mol. The first-order valence-corrected chi connectivity index (χ1v) is 12.6. The van der Waals surface area contributed by atoms with Crippen LogP contribution in [0, 0.1) is 0 Å². The maximum absolute atomic E-state index is 13.6. The molecular weight excluding hydrogens is 442 g/mol. The summed E-state index contributed by atoms with van der Waals surface area (Å²) in [5.41, 5.74) is 1.59. The van der Waals surface area contributed by atoms with Crippen molar-refractivity contribution in [3.05, 3.63) is 60.2 Å². The van der Waals surface area contributed by atoms with Crippen molar-refractivity contribution in [2.75, 3.05) is 57.9 Å². The number of urea groups is 1. The lowest BCUT2D eigenvalue weighted by atomic mass is 9.88. The van der Waals surface area contributed by atoms with Gasteiger partial charge in [0.05, 0.1) is 13.8 Å². The van der Waals surface area contributed by atoms with Gasteiger partial charge in [-0.2, -0.15) is 0 Å². The average Bonchev–Trinajstić information content (AvgIpc) is 3.03. The maximum Gasteiger partial charge on any atom is 0.326 e. The molecule has 1 spiro atoms. The molecule has 0 aromatic heterocycles. The lowest BCUT2D eigenvalue weighted by Crippen LogP contribution is -2.58. The Morgan fingerprint density at radius 3 is 2.43 bits per heavy atom. The highest BCUT2D eigenvalue weighted by atomic mass is 16.5. The minimum Gasteiger partial charge on any atom is -0.497 e. The van der Waals surface area contributed by atoms with E-state index in [2.05, 4.69) is 44.3 Å². The molecule has 35 heavy (non-hydrogen) atoms. The summed E-state index contributed by atoms with van der Waals surface area (Å²) in [6.07, 6.45) is 2.57. The van der Waals surface area contributed by atoms with E-state index in [0.717, 1.165) is 57.9 Å². The van der Waals surface area contributed by atoms with Crippen molar-refractivity contribution in [1.29, 1.82) is 0 Å². The quantitative estimate of drug-likeness (QED) is 0.646. The Bertz CT molecular complexity index is 1030. The van der Waals surface area contributed by atoms with E-state index in [1.807, 2.05) is 30.3 Å². The number of amides is 3. The maximum atomic E-state index is 13.6. The molecule has 0 saturated carbocycles. The second kappa shape index (κ2) is 10.3. The zero-order valence-corrected chi connectivity index (χ0v) is 20.5. The van der Waals surface area contributed by atoms with Gasteiger partial charge in [-0.05, 0) is 55.6 Å². The largest absolute Gasteiger partial charge is 0.497 e. The van der Waals surface area contributed by atoms with Crippen LogP contribution < -0.4 is 15.0 Å². The molecule has 1 N–H and O–H groups in total. The molecule has 0 radical (unpaired) electrons. The van der Waals surface area contributed by atoms with Gasteiger partial charge in [0.2, 0.25) is 0 Å². The van der Waals surface area contributed by atoms with E-state index in [0.29, 0.717) is 19.6 Å². The first kappa shape index (κ1) is 23.6. The van der Waals surface area contributed by atoms with Crippen LogP contribution in [0.15, 0.2) is 54.6 Å². The van der Waals surface area contributed by atoms with Crippen molar-refractivity contribution in [3.63, 3.8) is 0 Å². The Kier molecular flexibility index (Phi) is 6.92. The molecule has 3 aliphatic heterocycles. The smallest absolute Gasteiger partial charge is 0.326 e. The Morgan fingerprint density at radius 2 is 1.66 bits per heavy atom. The van der Waals surface area contributed by atoms with Crippen LogP contribution in [0.4, 0.5) is 10.5 Å². The first-order chi connectivity index (χ1) is 17.1. The van der Waals surface area contributed by atoms with Crippen molar-refractivity contribution >= 4 is 17.6 Å². The number of nitrogens with zero attached hydrogens (tertiary/aromatic N) is 4. The molecule has 5 rings (SSSR count). The van der Waals surface area contributed by atoms with E-state index in [1.54, 1.807) is 7.11 Å². The van der Waals surface area contributed by atoms with E-state index in [9.17, 15) is 9.59 Å². The van der Waals surface area contributed by atoms with Gasteiger partial charge < -0.3 is 15.0 Å². The number of likely N-dealkylation sites (tertiary alicyclic amines) is 1. The zero-order chi connectivity index (χ0) is 24.3. The molecule has 3 amide bonds. The number of anilines is 1. The summed E-state index contributed by atoms with van der Waals surface area (Å²) in [4.78, 5) is 34.8. The summed E-state index contributed by atoms with van der Waals surface area (Å²) in [5, 5.41) is 3.08. The zero-order valence-electron chi connectivity index (χ0n) is 20.5. The molecule has 1 unspecified atom stereocenters. The third-order valence-electron chi connectivity index (χ3n) is 7.43. The van der Waals surface area contributed by atoms with Gasteiger partial charge in [0.15, 0.2) is 0 Å². The summed E-state index contributed by atoms with van der Waals surface area (Å²) in [5.74, 6) is 0.777. The minimum absolute atomic E-state index is 0.0727. The van der Waals surface area contributed by atoms with E-state index in [4.69, 9.17) is 4.74 Å². The van der Waals surface area contributed by atoms with E-state index in [-0.39, 0.29) is 11.9 Å². The van der Waals surface area contributed by atoms with E-state index < -0.39 is 5.54 Å². The molecule has 3 saturated heterocycles. The van der Waals surface area contributed by atoms with Crippen molar-refractivity contribution in [1.82, 2.24) is 20.0 Å². The molecule has 2 aromatic carbocycles. The Morgan fingerprint density at radius 1 is 0.886 bits per heavy atom. The van der Waals surface area contributed by atoms with Crippen molar-refractivity contribution in [2.24, 2.45) is 0 Å². The number of carbonyl (C=O) groups is 2. The van der Waals surface area contributed by atoms with Gasteiger partial charge in [-0.15, -0.1) is 0 Å². The summed E-state index contributed by atoms with van der Waals surface area (Å²) in [6.45, 7) is 6.10. The minimum atomic E-state index is -0.801. The standard InChI is InChI=1S/C27H35N5O3/c1-35-24-11-9-23(10-12-24)31-16-6-15-29(17-18-31)21-32-25(33)27(28-26(32)34)13-5-14-30(20-27)19-22-7-3-2-4-8-22/h2-4,7-12H,5-6,13-21H2,1H3,(H,28,34). The summed E-state index contributed by atoms with van der Waals surface area (Å²) in [6, 6.07) is 18.2. The van der Waals surface area contributed by atoms with Crippen LogP contribution in [0.1, 0.15) is 24.8 Å². The molecule has 3 fully saturated rings. The highest BCUT2D eigenvalue weighted by Crippen LogP contribution is 2.30. The number of nitrogens with one attached hydrogen (secondary N) is 1. The van der Waals surface area contributed by atoms with Crippen LogP contribution >= 0.6 is 0 Å². The number of benzene rings is 2. The van der Waals surface area contributed by atoms with E-state index >= 15 is 0 Å². The average molecular weight is 478 g/mol. The number of hydrogen-bond acceptors (Lipinski definition) is 6. The number of carbonyl (C=O) groups excluding carboxylic acids is 2. The van der Waals surface area contributed by atoms with Crippen LogP contribution in [-0.4, -0.2) is 85.2 Å². The summed E-state index contributed by atoms with van der Waals surface area (Å²) in [7, 11) is 1.67. The van der Waals surface area contributed by atoms with Crippen LogP contribution in [0.25, 0.3) is 0 Å². The highest BCUT2D eigenvalue weighted by molar-refractivity contribution is 6.07. The molecule has 3 aliphatic rings. The number of piperidine rings is 1. The molecule has 8 nitrogen and oxygen atoms in total. The number of imide groups is 1. The molecule has 0 bridgehead atoms. The second-order valence-corrected chi connectivity index (χ2v) is 9.84. The SMILES string of the molecule is COc1ccc(N2CCCN(CN3C(=O)NC4(CCCN(Cc5ccccc5)C4)C3=O)CC2)cc1. The molecule has 186 valence electrons. The van der Waals surface area contributed by atoms with Crippen LogP contribution in [0.3, 0.4) is 0 Å². The monoisotopic (exact) mass is 477 g/mol. The second-order valence-electron chi connectivity index (χ2n) is 9.84.